The van der Waals surface area contributed by atoms with Gasteiger partial charge < -0.3 is 5.32 Å². The minimum Gasteiger partial charge on any atom is -0.350 e. The van der Waals surface area contributed by atoms with E-state index in [2.05, 4.69) is 5.32 Å². The molecule has 0 aliphatic heterocycles. The molecule has 0 atom stereocenters. The number of hydrogen-bond acceptors (Lipinski definition) is 4. The van der Waals surface area contributed by atoms with E-state index in [0.717, 1.165) is 10.4 Å². The van der Waals surface area contributed by atoms with Crippen LogP contribution in [0.1, 0.15) is 16.9 Å². The van der Waals surface area contributed by atoms with E-state index in [1.54, 1.807) is 0 Å². The van der Waals surface area contributed by atoms with Crippen molar-refractivity contribution in [3.63, 3.8) is 0 Å². The molecule has 1 heterocycles. The number of carbonyl (C=O) groups is 1. The van der Waals surface area contributed by atoms with Crippen LogP contribution in [0.15, 0.2) is 47.8 Å². The van der Waals surface area contributed by atoms with Crippen LogP contribution >= 0.6 is 11.3 Å². The SMILES string of the molecule is O=C(CS(=O)(=O)CCCc1ccccc1)NCc1cccs1. The first-order valence-electron chi connectivity index (χ1n) is 7.08. The molecule has 22 heavy (non-hydrogen) atoms. The Morgan fingerprint density at radius 2 is 1.86 bits per heavy atom. The highest BCUT2D eigenvalue weighted by molar-refractivity contribution is 7.92. The van der Waals surface area contributed by atoms with Gasteiger partial charge in [0.2, 0.25) is 5.91 Å². The smallest absolute Gasteiger partial charge is 0.235 e. The topological polar surface area (TPSA) is 63.2 Å². The molecular formula is C16H19NO3S2. The second-order valence-corrected chi connectivity index (χ2v) is 8.25. The van der Waals surface area contributed by atoms with Crippen LogP contribution in [0.4, 0.5) is 0 Å². The van der Waals surface area contributed by atoms with E-state index in [1.807, 2.05) is 47.8 Å². The first kappa shape index (κ1) is 16.7. The second kappa shape index (κ2) is 8.10. The summed E-state index contributed by atoms with van der Waals surface area (Å²) in [5.74, 6) is -0.838. The molecule has 0 saturated heterocycles. The molecule has 1 aromatic heterocycles. The van der Waals surface area contributed by atoms with E-state index in [9.17, 15) is 13.2 Å². The number of hydrogen-bond donors (Lipinski definition) is 1. The zero-order valence-corrected chi connectivity index (χ0v) is 13.8. The third-order valence-corrected chi connectivity index (χ3v) is 5.64. The molecule has 0 radical (unpaired) electrons. The maximum Gasteiger partial charge on any atom is 0.235 e. The van der Waals surface area contributed by atoms with Crippen molar-refractivity contribution >= 4 is 27.1 Å². The number of carbonyl (C=O) groups excluding carboxylic acids is 1. The Kier molecular flexibility index (Phi) is 6.15. The van der Waals surface area contributed by atoms with Gasteiger partial charge >= 0.3 is 0 Å². The van der Waals surface area contributed by atoms with Gasteiger partial charge in [0.1, 0.15) is 5.75 Å². The lowest BCUT2D eigenvalue weighted by molar-refractivity contribution is -0.118. The molecule has 2 aromatic rings. The molecule has 2 rings (SSSR count). The van der Waals surface area contributed by atoms with Gasteiger partial charge in [-0.15, -0.1) is 11.3 Å². The number of sulfone groups is 1. The largest absolute Gasteiger partial charge is 0.350 e. The van der Waals surface area contributed by atoms with Gasteiger partial charge in [-0.05, 0) is 29.9 Å². The maximum atomic E-state index is 11.9. The van der Waals surface area contributed by atoms with Gasteiger partial charge in [0.25, 0.3) is 0 Å². The van der Waals surface area contributed by atoms with Crippen LogP contribution in [0, 0.1) is 0 Å². The highest BCUT2D eigenvalue weighted by Crippen LogP contribution is 2.08. The minimum atomic E-state index is -3.35. The summed E-state index contributed by atoms with van der Waals surface area (Å²) in [5.41, 5.74) is 1.11. The summed E-state index contributed by atoms with van der Waals surface area (Å²) < 4.78 is 23.9. The van der Waals surface area contributed by atoms with Gasteiger partial charge in [0, 0.05) is 4.88 Å². The van der Waals surface area contributed by atoms with Gasteiger partial charge in [0.05, 0.1) is 12.3 Å². The van der Waals surface area contributed by atoms with Crippen LogP contribution in [0.2, 0.25) is 0 Å². The number of nitrogens with one attached hydrogen (secondary N) is 1. The minimum absolute atomic E-state index is 0.0360. The van der Waals surface area contributed by atoms with Crippen LogP contribution in [0.3, 0.4) is 0 Å². The molecule has 1 N–H and O–H groups in total. The molecule has 1 amide bonds. The molecule has 118 valence electrons. The quantitative estimate of drug-likeness (QED) is 0.804. The Hall–Kier alpha value is -1.66. The number of amides is 1. The van der Waals surface area contributed by atoms with Gasteiger partial charge in [-0.1, -0.05) is 36.4 Å². The number of aryl methyl sites for hydroxylation is 1. The molecule has 0 bridgehead atoms. The van der Waals surface area contributed by atoms with E-state index in [0.29, 0.717) is 19.4 Å². The monoisotopic (exact) mass is 337 g/mol. The zero-order chi connectivity index (χ0) is 15.8. The lowest BCUT2D eigenvalue weighted by Gasteiger charge is -2.06. The summed E-state index contributed by atoms with van der Waals surface area (Å²) in [4.78, 5) is 12.7. The number of benzene rings is 1. The van der Waals surface area contributed by atoms with Crippen molar-refractivity contribution in [2.24, 2.45) is 0 Å². The lowest BCUT2D eigenvalue weighted by atomic mass is 10.1. The van der Waals surface area contributed by atoms with E-state index in [1.165, 1.54) is 11.3 Å². The normalized spacial score (nSPS) is 11.3. The van der Waals surface area contributed by atoms with E-state index < -0.39 is 21.5 Å². The highest BCUT2D eigenvalue weighted by Gasteiger charge is 2.16. The van der Waals surface area contributed by atoms with Gasteiger partial charge in [0.15, 0.2) is 9.84 Å². The van der Waals surface area contributed by atoms with Crippen molar-refractivity contribution in [2.45, 2.75) is 19.4 Å². The van der Waals surface area contributed by atoms with E-state index >= 15 is 0 Å². The first-order chi connectivity index (χ1) is 10.6. The maximum absolute atomic E-state index is 11.9. The predicted octanol–water partition coefficient (Wildman–Crippen LogP) is 2.41. The van der Waals surface area contributed by atoms with Crippen molar-refractivity contribution in [3.8, 4) is 0 Å². The van der Waals surface area contributed by atoms with Gasteiger partial charge in [-0.3, -0.25) is 4.79 Å². The molecule has 0 spiro atoms. The summed E-state index contributed by atoms with van der Waals surface area (Å²) in [7, 11) is -3.35. The van der Waals surface area contributed by atoms with Crippen molar-refractivity contribution in [1.29, 1.82) is 0 Å². The predicted molar refractivity (Wildman–Crippen MR) is 89.6 cm³/mol. The molecule has 0 fully saturated rings. The fourth-order valence-electron chi connectivity index (χ4n) is 2.06. The fourth-order valence-corrected chi connectivity index (χ4v) is 3.94. The summed E-state index contributed by atoms with van der Waals surface area (Å²) in [6.45, 7) is 0.385. The van der Waals surface area contributed by atoms with Crippen molar-refractivity contribution in [2.75, 3.05) is 11.5 Å². The van der Waals surface area contributed by atoms with Crippen molar-refractivity contribution in [1.82, 2.24) is 5.32 Å². The van der Waals surface area contributed by atoms with Crippen LogP contribution in [-0.2, 0) is 27.6 Å². The van der Waals surface area contributed by atoms with E-state index in [-0.39, 0.29) is 5.75 Å². The van der Waals surface area contributed by atoms with Crippen LogP contribution in [0.25, 0.3) is 0 Å². The summed E-state index contributed by atoms with van der Waals surface area (Å²) in [6.07, 6.45) is 1.24. The van der Waals surface area contributed by atoms with Crippen molar-refractivity contribution in [3.05, 3.63) is 58.3 Å². The molecule has 6 heteroatoms. The Balaban J connectivity index is 1.72. The standard InChI is InChI=1S/C16H19NO3S2/c18-16(17-12-15-9-4-10-21-15)13-22(19,20)11-5-8-14-6-2-1-3-7-14/h1-4,6-7,9-10H,5,8,11-13H2,(H,17,18). The summed E-state index contributed by atoms with van der Waals surface area (Å²) in [6, 6.07) is 13.5. The van der Waals surface area contributed by atoms with Gasteiger partial charge in [-0.25, -0.2) is 8.42 Å². The highest BCUT2D eigenvalue weighted by atomic mass is 32.2. The zero-order valence-electron chi connectivity index (χ0n) is 12.2. The molecular weight excluding hydrogens is 318 g/mol. The average molecular weight is 337 g/mol. The third kappa shape index (κ3) is 5.99. The molecule has 0 aliphatic rings. The number of rotatable bonds is 8. The van der Waals surface area contributed by atoms with Crippen LogP contribution in [0.5, 0.6) is 0 Å². The summed E-state index contributed by atoms with van der Waals surface area (Å²) >= 11 is 1.53. The van der Waals surface area contributed by atoms with Crippen LogP contribution in [-0.4, -0.2) is 25.8 Å². The Bertz CT molecular complexity index is 679. The molecule has 4 nitrogen and oxygen atoms in total. The van der Waals surface area contributed by atoms with Crippen molar-refractivity contribution < 1.29 is 13.2 Å². The Labute approximate surface area is 135 Å². The molecule has 0 unspecified atom stereocenters. The average Bonchev–Trinajstić information content (AvgIpc) is 2.99. The van der Waals surface area contributed by atoms with Gasteiger partial charge in [-0.2, -0.15) is 0 Å². The Morgan fingerprint density at radius 3 is 2.55 bits per heavy atom. The first-order valence-corrected chi connectivity index (χ1v) is 9.79. The second-order valence-electron chi connectivity index (χ2n) is 5.04. The lowest BCUT2D eigenvalue weighted by Crippen LogP contribution is -2.30. The Morgan fingerprint density at radius 1 is 1.09 bits per heavy atom. The molecule has 0 saturated carbocycles. The molecule has 1 aromatic carbocycles. The fraction of sp³-hybridized carbons (Fsp3) is 0.312. The van der Waals surface area contributed by atoms with E-state index in [4.69, 9.17) is 0 Å². The number of thiophene rings is 1. The summed E-state index contributed by atoms with van der Waals surface area (Å²) in [5, 5.41) is 4.56. The third-order valence-electron chi connectivity index (χ3n) is 3.15. The molecule has 0 aliphatic carbocycles. The van der Waals surface area contributed by atoms with Crippen LogP contribution < -0.4 is 5.32 Å².